The van der Waals surface area contributed by atoms with E-state index in [0.29, 0.717) is 15.9 Å². The summed E-state index contributed by atoms with van der Waals surface area (Å²) in [6.07, 6.45) is -4.23. The second-order valence-corrected chi connectivity index (χ2v) is 4.20. The smallest absolute Gasteiger partial charge is 0.405 e. The average molecular weight is 298 g/mol. The van der Waals surface area contributed by atoms with Gasteiger partial charge in [0, 0.05) is 11.5 Å². The normalized spacial score (nSPS) is 11.4. The Morgan fingerprint density at radius 2 is 2.00 bits per heavy atom. The Morgan fingerprint density at radius 1 is 1.38 bits per heavy atom. The third kappa shape index (κ3) is 3.59. The fourth-order valence-electron chi connectivity index (χ4n) is 1.32. The van der Waals surface area contributed by atoms with Crippen molar-refractivity contribution in [3.63, 3.8) is 0 Å². The lowest BCUT2D eigenvalue weighted by atomic mass is 10.2. The monoisotopic (exact) mass is 297 g/mol. The van der Waals surface area contributed by atoms with Crippen LogP contribution < -0.4 is 9.64 Å². The van der Waals surface area contributed by atoms with Gasteiger partial charge in [-0.1, -0.05) is 15.9 Å². The summed E-state index contributed by atoms with van der Waals surface area (Å²) in [7, 11) is 2.80. The van der Waals surface area contributed by atoms with Crippen molar-refractivity contribution in [2.24, 2.45) is 0 Å². The highest BCUT2D eigenvalue weighted by Crippen LogP contribution is 2.32. The number of benzene rings is 1. The molecule has 0 bridgehead atoms. The molecule has 0 unspecified atom stereocenters. The van der Waals surface area contributed by atoms with Crippen LogP contribution in [0.15, 0.2) is 22.7 Å². The molecular formula is C10H11BrF3NO. The Bertz CT molecular complexity index is 368. The molecule has 0 aliphatic carbocycles. The topological polar surface area (TPSA) is 12.5 Å². The minimum atomic E-state index is -4.23. The van der Waals surface area contributed by atoms with Crippen molar-refractivity contribution in [2.75, 3.05) is 25.6 Å². The highest BCUT2D eigenvalue weighted by Gasteiger charge is 2.30. The van der Waals surface area contributed by atoms with Gasteiger partial charge in [-0.15, -0.1) is 0 Å². The van der Waals surface area contributed by atoms with E-state index in [1.807, 2.05) is 0 Å². The van der Waals surface area contributed by atoms with Gasteiger partial charge in [-0.05, 0) is 18.2 Å². The Labute approximate surface area is 100 Å². The van der Waals surface area contributed by atoms with Crippen LogP contribution in [-0.4, -0.2) is 26.9 Å². The van der Waals surface area contributed by atoms with E-state index in [9.17, 15) is 13.2 Å². The summed E-state index contributed by atoms with van der Waals surface area (Å²) in [6.45, 7) is -1.01. The zero-order chi connectivity index (χ0) is 12.3. The predicted octanol–water partition coefficient (Wildman–Crippen LogP) is 3.46. The standard InChI is InChI=1S/C10H11BrF3NO/c1-15(6-10(12,13)14)8-5-7(11)3-4-9(8)16-2/h3-5H,6H2,1-2H3. The van der Waals surface area contributed by atoms with Crippen LogP contribution in [0.5, 0.6) is 5.75 Å². The second-order valence-electron chi connectivity index (χ2n) is 3.29. The first-order valence-electron chi connectivity index (χ1n) is 4.45. The second kappa shape index (κ2) is 4.95. The van der Waals surface area contributed by atoms with Crippen molar-refractivity contribution in [1.82, 2.24) is 0 Å². The first-order chi connectivity index (χ1) is 7.33. The van der Waals surface area contributed by atoms with Crippen LogP contribution in [0.3, 0.4) is 0 Å². The number of alkyl halides is 3. The van der Waals surface area contributed by atoms with Crippen LogP contribution in [0.25, 0.3) is 0 Å². The number of hydrogen-bond acceptors (Lipinski definition) is 2. The van der Waals surface area contributed by atoms with Gasteiger partial charge < -0.3 is 9.64 Å². The number of ether oxygens (including phenoxy) is 1. The molecule has 0 atom stereocenters. The van der Waals surface area contributed by atoms with Crippen LogP contribution in [0, 0.1) is 0 Å². The van der Waals surface area contributed by atoms with E-state index in [2.05, 4.69) is 15.9 Å². The Hall–Kier alpha value is -0.910. The molecule has 2 nitrogen and oxygen atoms in total. The predicted molar refractivity (Wildman–Crippen MR) is 60.0 cm³/mol. The first-order valence-corrected chi connectivity index (χ1v) is 5.24. The Kier molecular flexibility index (Phi) is 4.07. The third-order valence-corrected chi connectivity index (χ3v) is 2.46. The molecule has 0 saturated carbocycles. The molecule has 16 heavy (non-hydrogen) atoms. The van der Waals surface area contributed by atoms with Crippen molar-refractivity contribution in [1.29, 1.82) is 0 Å². The van der Waals surface area contributed by atoms with Crippen LogP contribution >= 0.6 is 15.9 Å². The minimum absolute atomic E-state index is 0.397. The van der Waals surface area contributed by atoms with Crippen LogP contribution in [0.4, 0.5) is 18.9 Å². The summed E-state index contributed by atoms with van der Waals surface area (Å²) < 4.78 is 42.4. The molecule has 0 heterocycles. The van der Waals surface area contributed by atoms with E-state index < -0.39 is 12.7 Å². The number of nitrogens with zero attached hydrogens (tertiary/aromatic N) is 1. The summed E-state index contributed by atoms with van der Waals surface area (Å²) in [6, 6.07) is 4.92. The number of halogens is 4. The number of methoxy groups -OCH3 is 1. The van der Waals surface area contributed by atoms with E-state index in [1.54, 1.807) is 18.2 Å². The molecule has 1 aromatic rings. The Balaban J connectivity index is 2.97. The minimum Gasteiger partial charge on any atom is -0.495 e. The molecule has 1 rings (SSSR count). The van der Waals surface area contributed by atoms with Gasteiger partial charge in [0.05, 0.1) is 12.8 Å². The van der Waals surface area contributed by atoms with Crippen LogP contribution in [0.2, 0.25) is 0 Å². The molecule has 0 saturated heterocycles. The number of rotatable bonds is 3. The van der Waals surface area contributed by atoms with Gasteiger partial charge in [0.15, 0.2) is 0 Å². The van der Waals surface area contributed by atoms with E-state index in [1.165, 1.54) is 14.2 Å². The Morgan fingerprint density at radius 3 is 2.50 bits per heavy atom. The SMILES string of the molecule is COc1ccc(Br)cc1N(C)CC(F)(F)F. The largest absolute Gasteiger partial charge is 0.495 e. The lowest BCUT2D eigenvalue weighted by molar-refractivity contribution is -0.119. The maximum atomic E-state index is 12.2. The quantitative estimate of drug-likeness (QED) is 0.847. The average Bonchev–Trinajstić information content (AvgIpc) is 2.15. The molecule has 6 heteroatoms. The summed E-state index contributed by atoms with van der Waals surface area (Å²) in [5.41, 5.74) is 0.397. The maximum absolute atomic E-state index is 12.2. The van der Waals surface area contributed by atoms with Gasteiger partial charge in [0.25, 0.3) is 0 Å². The molecule has 0 aromatic heterocycles. The number of hydrogen-bond donors (Lipinski definition) is 0. The van der Waals surface area contributed by atoms with Gasteiger partial charge in [0.1, 0.15) is 12.3 Å². The van der Waals surface area contributed by atoms with Crippen molar-refractivity contribution < 1.29 is 17.9 Å². The third-order valence-electron chi connectivity index (χ3n) is 1.97. The van der Waals surface area contributed by atoms with Crippen molar-refractivity contribution in [3.8, 4) is 5.75 Å². The molecule has 0 aliphatic rings. The van der Waals surface area contributed by atoms with Gasteiger partial charge in [-0.3, -0.25) is 0 Å². The summed E-state index contributed by atoms with van der Waals surface area (Å²) in [5, 5.41) is 0. The summed E-state index contributed by atoms with van der Waals surface area (Å²) >= 11 is 3.21. The van der Waals surface area contributed by atoms with Crippen molar-refractivity contribution >= 4 is 21.6 Å². The molecule has 0 N–H and O–H groups in total. The summed E-state index contributed by atoms with van der Waals surface area (Å²) in [4.78, 5) is 1.10. The highest BCUT2D eigenvalue weighted by molar-refractivity contribution is 9.10. The lowest BCUT2D eigenvalue weighted by Gasteiger charge is -2.23. The van der Waals surface area contributed by atoms with E-state index >= 15 is 0 Å². The maximum Gasteiger partial charge on any atom is 0.405 e. The van der Waals surface area contributed by atoms with Crippen LogP contribution in [0.1, 0.15) is 0 Å². The van der Waals surface area contributed by atoms with Crippen LogP contribution in [-0.2, 0) is 0 Å². The molecule has 0 amide bonds. The first kappa shape index (κ1) is 13.2. The van der Waals surface area contributed by atoms with E-state index in [0.717, 1.165) is 4.90 Å². The van der Waals surface area contributed by atoms with E-state index in [4.69, 9.17) is 4.74 Å². The van der Waals surface area contributed by atoms with Gasteiger partial charge in [0.2, 0.25) is 0 Å². The zero-order valence-corrected chi connectivity index (χ0v) is 10.4. The lowest BCUT2D eigenvalue weighted by Crippen LogP contribution is -2.31. The van der Waals surface area contributed by atoms with Crippen molar-refractivity contribution in [3.05, 3.63) is 22.7 Å². The van der Waals surface area contributed by atoms with E-state index in [-0.39, 0.29) is 0 Å². The van der Waals surface area contributed by atoms with Gasteiger partial charge >= 0.3 is 6.18 Å². The highest BCUT2D eigenvalue weighted by atomic mass is 79.9. The van der Waals surface area contributed by atoms with Crippen molar-refractivity contribution in [2.45, 2.75) is 6.18 Å². The molecule has 0 fully saturated rings. The molecule has 0 spiro atoms. The molecule has 0 radical (unpaired) electrons. The molecule has 90 valence electrons. The number of anilines is 1. The van der Waals surface area contributed by atoms with Gasteiger partial charge in [-0.25, -0.2) is 0 Å². The zero-order valence-electron chi connectivity index (χ0n) is 8.81. The fraction of sp³-hybridized carbons (Fsp3) is 0.400. The molecule has 1 aromatic carbocycles. The molecule has 0 aliphatic heterocycles. The molecular weight excluding hydrogens is 287 g/mol. The summed E-state index contributed by atoms with van der Waals surface area (Å²) in [5.74, 6) is 0.412. The van der Waals surface area contributed by atoms with Gasteiger partial charge in [-0.2, -0.15) is 13.2 Å². The fourth-order valence-corrected chi connectivity index (χ4v) is 1.66.